The Morgan fingerprint density at radius 3 is 2.62 bits per heavy atom. The number of ether oxygens (including phenoxy) is 1. The Hall–Kier alpha value is -3.35. The van der Waals surface area contributed by atoms with Gasteiger partial charge in [-0.2, -0.15) is 18.3 Å². The number of pyridine rings is 2. The number of alkyl halides is 3. The van der Waals surface area contributed by atoms with Gasteiger partial charge in [-0.25, -0.2) is 19.6 Å². The van der Waals surface area contributed by atoms with Gasteiger partial charge in [-0.1, -0.05) is 6.07 Å². The molecule has 2 N–H and O–H groups in total. The normalized spacial score (nSPS) is 17.2. The molecule has 1 atom stereocenters. The minimum atomic E-state index is -4.85. The molecule has 0 aliphatic carbocycles. The molecule has 0 bridgehead atoms. The Bertz CT molecular complexity index is 1270. The first-order chi connectivity index (χ1) is 16.3. The Kier molecular flexibility index (Phi) is 5.80. The SMILES string of the molecule is OC(CCN1CCOCC1)(c1ccc(-n2cc(-c3ccnc4[nH]cnc34)cn2)nc1)C(F)(F)F. The molecule has 1 saturated heterocycles. The molecule has 4 aromatic heterocycles. The summed E-state index contributed by atoms with van der Waals surface area (Å²) in [6, 6.07) is 4.46. The van der Waals surface area contributed by atoms with Gasteiger partial charge < -0.3 is 14.8 Å². The van der Waals surface area contributed by atoms with Crippen molar-refractivity contribution in [1.82, 2.24) is 34.6 Å². The van der Waals surface area contributed by atoms with E-state index >= 15 is 0 Å². The standard InChI is InChI=1S/C22H22F3N7O2/c23-22(24,25)21(33,4-6-31-7-9-34-10-8-31)16-1-2-18(27-12-16)32-13-15(11-30-32)17-3-5-26-20-19(17)28-14-29-20/h1-3,5,11-14,33H,4,6-10H2,(H,26,28,29). The van der Waals surface area contributed by atoms with Crippen LogP contribution in [0.15, 0.2) is 49.3 Å². The zero-order valence-corrected chi connectivity index (χ0v) is 18.0. The molecule has 1 unspecified atom stereocenters. The molecule has 1 aliphatic rings. The van der Waals surface area contributed by atoms with Crippen molar-refractivity contribution in [3.63, 3.8) is 0 Å². The average molecular weight is 473 g/mol. The monoisotopic (exact) mass is 473 g/mol. The third-order valence-corrected chi connectivity index (χ3v) is 6.04. The number of morpholine rings is 1. The molecular formula is C22H22F3N7O2. The predicted octanol–water partition coefficient (Wildman–Crippen LogP) is 2.68. The van der Waals surface area contributed by atoms with Crippen LogP contribution in [-0.4, -0.2) is 78.7 Å². The fraction of sp³-hybridized carbons (Fsp3) is 0.364. The summed E-state index contributed by atoms with van der Waals surface area (Å²) in [5.74, 6) is 0.319. The number of imidazole rings is 1. The van der Waals surface area contributed by atoms with E-state index in [-0.39, 0.29) is 12.1 Å². The molecule has 0 spiro atoms. The van der Waals surface area contributed by atoms with E-state index < -0.39 is 18.2 Å². The minimum absolute atomic E-state index is 0.0945. The van der Waals surface area contributed by atoms with E-state index in [0.717, 1.165) is 17.3 Å². The number of hydrogen-bond acceptors (Lipinski definition) is 7. The maximum absolute atomic E-state index is 13.9. The van der Waals surface area contributed by atoms with Gasteiger partial charge in [0, 0.05) is 61.3 Å². The molecule has 178 valence electrons. The van der Waals surface area contributed by atoms with Gasteiger partial charge >= 0.3 is 6.18 Å². The van der Waals surface area contributed by atoms with Gasteiger partial charge in [0.15, 0.2) is 17.1 Å². The smallest absolute Gasteiger partial charge is 0.379 e. The highest BCUT2D eigenvalue weighted by atomic mass is 19.4. The second-order valence-corrected chi connectivity index (χ2v) is 8.10. The van der Waals surface area contributed by atoms with Crippen LogP contribution >= 0.6 is 0 Å². The second kappa shape index (κ2) is 8.78. The Morgan fingerprint density at radius 2 is 1.88 bits per heavy atom. The molecule has 0 amide bonds. The van der Waals surface area contributed by atoms with Crippen molar-refractivity contribution in [3.05, 3.63) is 54.9 Å². The van der Waals surface area contributed by atoms with Crippen LogP contribution in [0.5, 0.6) is 0 Å². The van der Waals surface area contributed by atoms with Crippen LogP contribution in [-0.2, 0) is 10.3 Å². The summed E-state index contributed by atoms with van der Waals surface area (Å²) >= 11 is 0. The fourth-order valence-electron chi connectivity index (χ4n) is 4.03. The molecule has 5 heterocycles. The molecular weight excluding hydrogens is 451 g/mol. The van der Waals surface area contributed by atoms with Gasteiger partial charge in [0.2, 0.25) is 0 Å². The van der Waals surface area contributed by atoms with E-state index in [9.17, 15) is 18.3 Å². The van der Waals surface area contributed by atoms with Gasteiger partial charge in [0.1, 0.15) is 5.52 Å². The van der Waals surface area contributed by atoms with Gasteiger partial charge in [-0.3, -0.25) is 4.90 Å². The highest BCUT2D eigenvalue weighted by Crippen LogP contribution is 2.41. The van der Waals surface area contributed by atoms with E-state index in [1.54, 1.807) is 31.0 Å². The number of H-pyrrole nitrogens is 1. The van der Waals surface area contributed by atoms with E-state index in [2.05, 4.69) is 25.0 Å². The lowest BCUT2D eigenvalue weighted by Gasteiger charge is -2.34. The summed E-state index contributed by atoms with van der Waals surface area (Å²) in [5, 5.41) is 15.0. The maximum atomic E-state index is 13.9. The summed E-state index contributed by atoms with van der Waals surface area (Å²) in [6.45, 7) is 2.11. The lowest BCUT2D eigenvalue weighted by atomic mass is 9.90. The largest absolute Gasteiger partial charge is 0.421 e. The molecule has 34 heavy (non-hydrogen) atoms. The first kappa shape index (κ1) is 22.4. The van der Waals surface area contributed by atoms with Crippen molar-refractivity contribution in [2.24, 2.45) is 0 Å². The third-order valence-electron chi connectivity index (χ3n) is 6.04. The van der Waals surface area contributed by atoms with Crippen LogP contribution in [0, 0.1) is 0 Å². The number of aromatic amines is 1. The topological polar surface area (TPSA) is 105 Å². The van der Waals surface area contributed by atoms with Crippen LogP contribution in [0.3, 0.4) is 0 Å². The average Bonchev–Trinajstić information content (AvgIpc) is 3.52. The fourth-order valence-corrected chi connectivity index (χ4v) is 4.03. The first-order valence-electron chi connectivity index (χ1n) is 10.7. The summed E-state index contributed by atoms with van der Waals surface area (Å²) in [6.07, 6.45) is 2.24. The lowest BCUT2D eigenvalue weighted by Crippen LogP contribution is -2.46. The predicted molar refractivity (Wildman–Crippen MR) is 116 cm³/mol. The highest BCUT2D eigenvalue weighted by molar-refractivity contribution is 5.88. The second-order valence-electron chi connectivity index (χ2n) is 8.10. The van der Waals surface area contributed by atoms with Gasteiger partial charge in [-0.05, 0) is 12.1 Å². The van der Waals surface area contributed by atoms with Crippen LogP contribution in [0.25, 0.3) is 28.1 Å². The summed E-state index contributed by atoms with van der Waals surface area (Å²) < 4.78 is 48.4. The molecule has 9 nitrogen and oxygen atoms in total. The highest BCUT2D eigenvalue weighted by Gasteiger charge is 2.54. The Balaban J connectivity index is 1.38. The summed E-state index contributed by atoms with van der Waals surface area (Å²) in [4.78, 5) is 17.4. The Labute approximate surface area is 192 Å². The zero-order valence-electron chi connectivity index (χ0n) is 18.0. The van der Waals surface area contributed by atoms with E-state index in [4.69, 9.17) is 4.74 Å². The van der Waals surface area contributed by atoms with Crippen molar-refractivity contribution in [2.45, 2.75) is 18.2 Å². The maximum Gasteiger partial charge on any atom is 0.421 e. The van der Waals surface area contributed by atoms with Crippen LogP contribution < -0.4 is 0 Å². The first-order valence-corrected chi connectivity index (χ1v) is 10.7. The van der Waals surface area contributed by atoms with Gasteiger partial charge in [0.05, 0.1) is 25.7 Å². The quantitative estimate of drug-likeness (QED) is 0.444. The van der Waals surface area contributed by atoms with Gasteiger partial charge in [-0.15, -0.1) is 0 Å². The summed E-state index contributed by atoms with van der Waals surface area (Å²) in [7, 11) is 0. The number of aromatic nitrogens is 6. The Morgan fingerprint density at radius 1 is 1.06 bits per heavy atom. The number of fused-ring (bicyclic) bond motifs is 1. The number of nitrogens with zero attached hydrogens (tertiary/aromatic N) is 6. The van der Waals surface area contributed by atoms with Crippen molar-refractivity contribution >= 4 is 11.2 Å². The molecule has 0 radical (unpaired) electrons. The number of rotatable bonds is 6. The number of aliphatic hydroxyl groups is 1. The number of hydrogen-bond donors (Lipinski definition) is 2. The van der Waals surface area contributed by atoms with Crippen LogP contribution in [0.4, 0.5) is 13.2 Å². The van der Waals surface area contributed by atoms with Crippen LogP contribution in [0.1, 0.15) is 12.0 Å². The molecule has 1 aliphatic heterocycles. The molecule has 12 heteroatoms. The van der Waals surface area contributed by atoms with E-state index in [1.165, 1.54) is 16.8 Å². The van der Waals surface area contributed by atoms with E-state index in [1.807, 2.05) is 4.90 Å². The molecule has 4 aromatic rings. The van der Waals surface area contributed by atoms with Crippen LogP contribution in [0.2, 0.25) is 0 Å². The van der Waals surface area contributed by atoms with Crippen molar-refractivity contribution < 1.29 is 23.0 Å². The zero-order chi connectivity index (χ0) is 23.8. The molecule has 0 saturated carbocycles. The van der Waals surface area contributed by atoms with Crippen molar-refractivity contribution in [1.29, 1.82) is 0 Å². The third kappa shape index (κ3) is 4.15. The van der Waals surface area contributed by atoms with Crippen molar-refractivity contribution in [2.75, 3.05) is 32.8 Å². The van der Waals surface area contributed by atoms with Crippen molar-refractivity contribution in [3.8, 4) is 16.9 Å². The molecule has 0 aromatic carbocycles. The molecule has 1 fully saturated rings. The summed E-state index contributed by atoms with van der Waals surface area (Å²) in [5.41, 5.74) is -0.436. The lowest BCUT2D eigenvalue weighted by molar-refractivity contribution is -0.270. The minimum Gasteiger partial charge on any atom is -0.379 e. The van der Waals surface area contributed by atoms with Gasteiger partial charge in [0.25, 0.3) is 0 Å². The number of nitrogens with one attached hydrogen (secondary N) is 1. The number of halogens is 3. The van der Waals surface area contributed by atoms with E-state index in [0.29, 0.717) is 43.3 Å². The molecule has 5 rings (SSSR count).